The highest BCUT2D eigenvalue weighted by Crippen LogP contribution is 2.04. The average molecular weight is 346 g/mol. The number of amides is 1. The lowest BCUT2D eigenvalue weighted by atomic mass is 10.3. The minimum Gasteiger partial charge on any atom is -0.383 e. The van der Waals surface area contributed by atoms with Crippen LogP contribution in [0.5, 0.6) is 0 Å². The largest absolute Gasteiger partial charge is 0.383 e. The van der Waals surface area contributed by atoms with Gasteiger partial charge in [0.2, 0.25) is 5.91 Å². The third kappa shape index (κ3) is 6.83. The second-order valence-electron chi connectivity index (χ2n) is 4.22. The van der Waals surface area contributed by atoms with Gasteiger partial charge >= 0.3 is 0 Å². The monoisotopic (exact) mass is 345 g/mol. The summed E-state index contributed by atoms with van der Waals surface area (Å²) in [6, 6.07) is 3.16. The third-order valence-corrected chi connectivity index (χ3v) is 3.10. The van der Waals surface area contributed by atoms with Crippen LogP contribution >= 0.6 is 15.9 Å². The fraction of sp³-hybridized carbons (Fsp3) is 0.538. The van der Waals surface area contributed by atoms with Crippen molar-refractivity contribution in [1.82, 2.24) is 15.2 Å². The molecule has 0 aliphatic heterocycles. The topological polar surface area (TPSA) is 72.4 Å². The zero-order valence-corrected chi connectivity index (χ0v) is 13.1. The first-order chi connectivity index (χ1) is 9.63. The summed E-state index contributed by atoms with van der Waals surface area (Å²) >= 11 is 3.30. The van der Waals surface area contributed by atoms with E-state index in [1.54, 1.807) is 19.4 Å². The number of aryl methyl sites for hydroxylation is 1. The first-order valence-electron chi connectivity index (χ1n) is 6.46. The summed E-state index contributed by atoms with van der Waals surface area (Å²) in [7, 11) is 1.65. The summed E-state index contributed by atoms with van der Waals surface area (Å²) in [6.07, 6.45) is 1.97. The normalized spacial score (nSPS) is 10.5. The van der Waals surface area contributed by atoms with Crippen LogP contribution in [0.1, 0.15) is 6.42 Å². The lowest BCUT2D eigenvalue weighted by molar-refractivity contribution is -0.121. The fourth-order valence-electron chi connectivity index (χ4n) is 1.58. The second kappa shape index (κ2) is 9.68. The van der Waals surface area contributed by atoms with Crippen molar-refractivity contribution in [3.05, 3.63) is 33.2 Å². The number of methoxy groups -OCH3 is 1. The van der Waals surface area contributed by atoms with Crippen molar-refractivity contribution >= 4 is 21.8 Å². The molecule has 7 heteroatoms. The number of carbonyl (C=O) groups excluding carboxylic acids is 1. The number of nitrogens with zero attached hydrogens (tertiary/aromatic N) is 1. The van der Waals surface area contributed by atoms with E-state index >= 15 is 0 Å². The van der Waals surface area contributed by atoms with Crippen LogP contribution in [0, 0.1) is 0 Å². The van der Waals surface area contributed by atoms with Crippen LogP contribution < -0.4 is 16.2 Å². The fourth-order valence-corrected chi connectivity index (χ4v) is 1.96. The maximum atomic E-state index is 11.6. The molecule has 1 aromatic rings. The SMILES string of the molecule is COCCNCCNC(=O)CCn1cc(Br)ccc1=O. The van der Waals surface area contributed by atoms with E-state index in [4.69, 9.17) is 4.74 Å². The van der Waals surface area contributed by atoms with Crippen LogP contribution in [0.2, 0.25) is 0 Å². The van der Waals surface area contributed by atoms with Crippen molar-refractivity contribution in [3.63, 3.8) is 0 Å². The first-order valence-corrected chi connectivity index (χ1v) is 7.25. The highest BCUT2D eigenvalue weighted by molar-refractivity contribution is 9.10. The number of nitrogens with one attached hydrogen (secondary N) is 2. The van der Waals surface area contributed by atoms with Gasteiger partial charge < -0.3 is 19.9 Å². The van der Waals surface area contributed by atoms with Gasteiger partial charge in [0, 0.05) is 56.4 Å². The van der Waals surface area contributed by atoms with Gasteiger partial charge in [-0.2, -0.15) is 0 Å². The molecule has 0 atom stereocenters. The number of halogens is 1. The molecule has 1 heterocycles. The summed E-state index contributed by atoms with van der Waals surface area (Å²) in [4.78, 5) is 23.1. The first kappa shape index (κ1) is 16.9. The van der Waals surface area contributed by atoms with Crippen LogP contribution in [0.25, 0.3) is 0 Å². The van der Waals surface area contributed by atoms with Gasteiger partial charge in [-0.1, -0.05) is 0 Å². The molecule has 0 saturated heterocycles. The van der Waals surface area contributed by atoms with Crippen molar-refractivity contribution in [3.8, 4) is 0 Å². The molecule has 0 spiro atoms. The Bertz CT molecular complexity index is 476. The van der Waals surface area contributed by atoms with E-state index < -0.39 is 0 Å². The summed E-state index contributed by atoms with van der Waals surface area (Å²) < 4.78 is 7.23. The molecule has 1 amide bonds. The summed E-state index contributed by atoms with van der Waals surface area (Å²) in [5.74, 6) is -0.0644. The molecule has 0 saturated carbocycles. The molecule has 112 valence electrons. The molecule has 6 nitrogen and oxygen atoms in total. The molecule has 1 aromatic heterocycles. The Labute approximate surface area is 126 Å². The van der Waals surface area contributed by atoms with Crippen LogP contribution in [0.15, 0.2) is 27.6 Å². The number of ether oxygens (including phenoxy) is 1. The third-order valence-electron chi connectivity index (χ3n) is 2.63. The van der Waals surface area contributed by atoms with Gasteiger partial charge in [-0.3, -0.25) is 9.59 Å². The molecular weight excluding hydrogens is 326 g/mol. The van der Waals surface area contributed by atoms with E-state index in [1.165, 1.54) is 10.6 Å². The minimum absolute atomic E-state index is 0.0644. The number of hydrogen-bond donors (Lipinski definition) is 2. The van der Waals surface area contributed by atoms with Crippen molar-refractivity contribution in [2.45, 2.75) is 13.0 Å². The van der Waals surface area contributed by atoms with Crippen molar-refractivity contribution in [1.29, 1.82) is 0 Å². The van der Waals surface area contributed by atoms with Crippen molar-refractivity contribution in [2.75, 3.05) is 33.4 Å². The molecule has 0 unspecified atom stereocenters. The van der Waals surface area contributed by atoms with E-state index in [9.17, 15) is 9.59 Å². The van der Waals surface area contributed by atoms with Crippen LogP contribution in [0.4, 0.5) is 0 Å². The van der Waals surface area contributed by atoms with Gasteiger partial charge in [0.05, 0.1) is 6.61 Å². The minimum atomic E-state index is -0.109. The summed E-state index contributed by atoms with van der Waals surface area (Å²) in [5.41, 5.74) is -0.109. The van der Waals surface area contributed by atoms with E-state index in [0.29, 0.717) is 26.2 Å². The Morgan fingerprint density at radius 2 is 2.15 bits per heavy atom. The van der Waals surface area contributed by atoms with Gasteiger partial charge in [0.1, 0.15) is 0 Å². The maximum absolute atomic E-state index is 11.6. The van der Waals surface area contributed by atoms with Crippen molar-refractivity contribution < 1.29 is 9.53 Å². The second-order valence-corrected chi connectivity index (χ2v) is 5.14. The van der Waals surface area contributed by atoms with Crippen LogP contribution in [0.3, 0.4) is 0 Å². The van der Waals surface area contributed by atoms with Gasteiger partial charge in [0.25, 0.3) is 5.56 Å². The maximum Gasteiger partial charge on any atom is 0.250 e. The Balaban J connectivity index is 2.20. The van der Waals surface area contributed by atoms with Crippen LogP contribution in [-0.2, 0) is 16.1 Å². The molecule has 2 N–H and O–H groups in total. The summed E-state index contributed by atoms with van der Waals surface area (Å²) in [5, 5.41) is 5.93. The highest BCUT2D eigenvalue weighted by atomic mass is 79.9. The van der Waals surface area contributed by atoms with E-state index in [-0.39, 0.29) is 17.9 Å². The predicted octanol–water partition coefficient (Wildman–Crippen LogP) is 0.353. The van der Waals surface area contributed by atoms with Gasteiger partial charge in [-0.05, 0) is 22.0 Å². The molecule has 0 aliphatic carbocycles. The zero-order valence-electron chi connectivity index (χ0n) is 11.5. The number of hydrogen-bond acceptors (Lipinski definition) is 4. The van der Waals surface area contributed by atoms with E-state index in [2.05, 4.69) is 26.6 Å². The van der Waals surface area contributed by atoms with Gasteiger partial charge in [-0.15, -0.1) is 0 Å². The molecule has 0 fully saturated rings. The lowest BCUT2D eigenvalue weighted by Gasteiger charge is -2.08. The van der Waals surface area contributed by atoms with E-state index in [0.717, 1.165) is 11.0 Å². The Hall–Kier alpha value is -1.18. The molecule has 0 aromatic carbocycles. The smallest absolute Gasteiger partial charge is 0.250 e. The molecule has 0 radical (unpaired) electrons. The standard InChI is InChI=1S/C13H20BrN3O3/c1-20-9-7-15-5-6-16-12(18)4-8-17-10-11(14)2-3-13(17)19/h2-3,10,15H,4-9H2,1H3,(H,16,18). The Morgan fingerprint density at radius 3 is 2.90 bits per heavy atom. The van der Waals surface area contributed by atoms with Gasteiger partial charge in [-0.25, -0.2) is 0 Å². The predicted molar refractivity (Wildman–Crippen MR) is 80.8 cm³/mol. The number of aromatic nitrogens is 1. The number of carbonyl (C=O) groups is 1. The zero-order chi connectivity index (χ0) is 14.8. The molecule has 0 bridgehead atoms. The molecule has 20 heavy (non-hydrogen) atoms. The highest BCUT2D eigenvalue weighted by Gasteiger charge is 2.03. The van der Waals surface area contributed by atoms with Gasteiger partial charge in [0.15, 0.2) is 0 Å². The Morgan fingerprint density at radius 1 is 1.35 bits per heavy atom. The lowest BCUT2D eigenvalue weighted by Crippen LogP contribution is -2.34. The number of rotatable bonds is 9. The van der Waals surface area contributed by atoms with Crippen molar-refractivity contribution in [2.24, 2.45) is 0 Å². The molecule has 1 rings (SSSR count). The molecular formula is C13H20BrN3O3. The number of pyridine rings is 1. The van der Waals surface area contributed by atoms with E-state index in [1.807, 2.05) is 0 Å². The molecule has 0 aliphatic rings. The average Bonchev–Trinajstić information content (AvgIpc) is 2.43. The summed E-state index contributed by atoms with van der Waals surface area (Å²) in [6.45, 7) is 3.06. The van der Waals surface area contributed by atoms with Crippen LogP contribution in [-0.4, -0.2) is 43.8 Å². The Kier molecular flexibility index (Phi) is 8.17. The quantitative estimate of drug-likeness (QED) is 0.633.